The van der Waals surface area contributed by atoms with Crippen molar-refractivity contribution in [3.05, 3.63) is 35.9 Å². The molecule has 2 nitrogen and oxygen atoms in total. The van der Waals surface area contributed by atoms with Crippen molar-refractivity contribution in [3.8, 4) is 0 Å². The summed E-state index contributed by atoms with van der Waals surface area (Å²) in [6.45, 7) is 5.63. The molecule has 0 amide bonds. The molecule has 2 fully saturated rings. The molecule has 1 unspecified atom stereocenters. The van der Waals surface area contributed by atoms with E-state index in [1.807, 2.05) is 0 Å². The zero-order chi connectivity index (χ0) is 14.8. The molecule has 1 aliphatic carbocycles. The predicted octanol–water partition coefficient (Wildman–Crippen LogP) is 4.09. The highest BCUT2D eigenvalue weighted by Gasteiger charge is 2.43. The third-order valence-corrected chi connectivity index (χ3v) is 5.23. The Kier molecular flexibility index (Phi) is 4.37. The van der Waals surface area contributed by atoms with Gasteiger partial charge in [-0.1, -0.05) is 30.3 Å². The van der Waals surface area contributed by atoms with Gasteiger partial charge in [-0.25, -0.2) is 0 Å². The zero-order valence-electron chi connectivity index (χ0n) is 13.5. The number of hydrogen-bond acceptors (Lipinski definition) is 2. The summed E-state index contributed by atoms with van der Waals surface area (Å²) in [5, 5.41) is 3.91. The standard InChI is InChI=1S/C19H29NO/c1-18(2,13-9-16-7-4-3-5-8-16)20-17-10-14-21-19(15-17)11-6-12-19/h3-5,7-8,17,20H,6,9-15H2,1-2H3. The van der Waals surface area contributed by atoms with Crippen LogP contribution < -0.4 is 5.32 Å². The van der Waals surface area contributed by atoms with Gasteiger partial charge in [-0.3, -0.25) is 0 Å². The highest BCUT2D eigenvalue weighted by molar-refractivity contribution is 5.15. The summed E-state index contributed by atoms with van der Waals surface area (Å²) in [7, 11) is 0. The Morgan fingerprint density at radius 3 is 2.67 bits per heavy atom. The first-order valence-corrected chi connectivity index (χ1v) is 8.53. The number of hydrogen-bond donors (Lipinski definition) is 1. The maximum absolute atomic E-state index is 6.04. The van der Waals surface area contributed by atoms with Crippen LogP contribution in [0.15, 0.2) is 30.3 Å². The van der Waals surface area contributed by atoms with E-state index in [9.17, 15) is 0 Å². The second-order valence-electron chi connectivity index (χ2n) is 7.59. The van der Waals surface area contributed by atoms with Crippen LogP contribution in [0.3, 0.4) is 0 Å². The molecule has 1 saturated heterocycles. The predicted molar refractivity (Wildman–Crippen MR) is 87.5 cm³/mol. The molecule has 0 bridgehead atoms. The highest BCUT2D eigenvalue weighted by Crippen LogP contribution is 2.42. The molecule has 1 aromatic carbocycles. The van der Waals surface area contributed by atoms with Crippen LogP contribution in [0.4, 0.5) is 0 Å². The lowest BCUT2D eigenvalue weighted by molar-refractivity contribution is -0.137. The van der Waals surface area contributed by atoms with E-state index in [1.54, 1.807) is 0 Å². The maximum Gasteiger partial charge on any atom is 0.0697 e. The summed E-state index contributed by atoms with van der Waals surface area (Å²) in [6.07, 6.45) is 8.60. The maximum atomic E-state index is 6.04. The number of aryl methyl sites for hydroxylation is 1. The zero-order valence-corrected chi connectivity index (χ0v) is 13.5. The summed E-state index contributed by atoms with van der Waals surface area (Å²) < 4.78 is 6.04. The van der Waals surface area contributed by atoms with Crippen LogP contribution >= 0.6 is 0 Å². The molecule has 2 heteroatoms. The first kappa shape index (κ1) is 15.1. The average molecular weight is 287 g/mol. The van der Waals surface area contributed by atoms with E-state index in [-0.39, 0.29) is 11.1 Å². The van der Waals surface area contributed by atoms with Crippen molar-refractivity contribution >= 4 is 0 Å². The van der Waals surface area contributed by atoms with Gasteiger partial charge in [0.15, 0.2) is 0 Å². The molecule has 0 radical (unpaired) electrons. The lowest BCUT2D eigenvalue weighted by atomic mass is 9.73. The average Bonchev–Trinajstić information content (AvgIpc) is 2.45. The lowest BCUT2D eigenvalue weighted by Gasteiger charge is -2.48. The van der Waals surface area contributed by atoms with Crippen molar-refractivity contribution in [2.24, 2.45) is 0 Å². The SMILES string of the molecule is CC(C)(CCc1ccccc1)NC1CCOC2(CCC2)C1. The molecule has 1 heterocycles. The minimum absolute atomic E-state index is 0.197. The van der Waals surface area contributed by atoms with E-state index in [0.29, 0.717) is 6.04 Å². The van der Waals surface area contributed by atoms with Crippen LogP contribution in [0, 0.1) is 0 Å². The highest BCUT2D eigenvalue weighted by atomic mass is 16.5. The lowest BCUT2D eigenvalue weighted by Crippen LogP contribution is -2.55. The molecule has 116 valence electrons. The monoisotopic (exact) mass is 287 g/mol. The molecular weight excluding hydrogens is 258 g/mol. The molecule has 21 heavy (non-hydrogen) atoms. The summed E-state index contributed by atoms with van der Waals surface area (Å²) in [6, 6.07) is 11.4. The minimum atomic E-state index is 0.197. The molecular formula is C19H29NO. The van der Waals surface area contributed by atoms with Gasteiger partial charge in [-0.15, -0.1) is 0 Å². The number of ether oxygens (including phenoxy) is 1. The summed E-state index contributed by atoms with van der Waals surface area (Å²) in [4.78, 5) is 0. The molecule has 1 saturated carbocycles. The Morgan fingerprint density at radius 1 is 1.24 bits per heavy atom. The smallest absolute Gasteiger partial charge is 0.0697 e. The fourth-order valence-corrected chi connectivity index (χ4v) is 3.80. The van der Waals surface area contributed by atoms with Crippen molar-refractivity contribution in [1.82, 2.24) is 5.32 Å². The fourth-order valence-electron chi connectivity index (χ4n) is 3.80. The topological polar surface area (TPSA) is 21.3 Å². The largest absolute Gasteiger partial charge is 0.375 e. The van der Waals surface area contributed by atoms with Crippen molar-refractivity contribution < 1.29 is 4.74 Å². The second kappa shape index (κ2) is 6.10. The Labute approximate surface area is 129 Å². The second-order valence-corrected chi connectivity index (χ2v) is 7.59. The van der Waals surface area contributed by atoms with Gasteiger partial charge in [-0.05, 0) is 64.4 Å². The Bertz CT molecular complexity index is 450. The first-order valence-electron chi connectivity index (χ1n) is 8.53. The van der Waals surface area contributed by atoms with Crippen LogP contribution in [0.5, 0.6) is 0 Å². The first-order chi connectivity index (χ1) is 10.1. The molecule has 1 spiro atoms. The van der Waals surface area contributed by atoms with Gasteiger partial charge in [0.25, 0.3) is 0 Å². The summed E-state index contributed by atoms with van der Waals surface area (Å²) in [5.74, 6) is 0. The molecule has 1 N–H and O–H groups in total. The van der Waals surface area contributed by atoms with Crippen molar-refractivity contribution in [2.45, 2.75) is 76.0 Å². The minimum Gasteiger partial charge on any atom is -0.375 e. The third kappa shape index (κ3) is 3.87. The van der Waals surface area contributed by atoms with Crippen molar-refractivity contribution in [2.75, 3.05) is 6.61 Å². The third-order valence-electron chi connectivity index (χ3n) is 5.23. The molecule has 2 aliphatic rings. The quantitative estimate of drug-likeness (QED) is 0.880. The van der Waals surface area contributed by atoms with E-state index in [2.05, 4.69) is 49.5 Å². The van der Waals surface area contributed by atoms with Gasteiger partial charge in [0, 0.05) is 18.2 Å². The van der Waals surface area contributed by atoms with Crippen LogP contribution in [0.2, 0.25) is 0 Å². The summed E-state index contributed by atoms with van der Waals surface area (Å²) in [5.41, 5.74) is 1.88. The van der Waals surface area contributed by atoms with Crippen molar-refractivity contribution in [3.63, 3.8) is 0 Å². The fraction of sp³-hybridized carbons (Fsp3) is 0.684. The molecule has 1 aliphatic heterocycles. The van der Waals surface area contributed by atoms with Gasteiger partial charge in [-0.2, -0.15) is 0 Å². The Hall–Kier alpha value is -0.860. The van der Waals surface area contributed by atoms with Crippen LogP contribution in [-0.2, 0) is 11.2 Å². The van der Waals surface area contributed by atoms with E-state index in [0.717, 1.165) is 19.4 Å². The van der Waals surface area contributed by atoms with E-state index in [4.69, 9.17) is 4.74 Å². The Balaban J connectivity index is 1.50. The van der Waals surface area contributed by atoms with Crippen LogP contribution in [-0.4, -0.2) is 23.8 Å². The van der Waals surface area contributed by atoms with Gasteiger partial charge in [0.05, 0.1) is 5.60 Å². The number of nitrogens with one attached hydrogen (secondary N) is 1. The van der Waals surface area contributed by atoms with E-state index >= 15 is 0 Å². The number of rotatable bonds is 5. The molecule has 0 aromatic heterocycles. The van der Waals surface area contributed by atoms with Gasteiger partial charge >= 0.3 is 0 Å². The molecule has 3 rings (SSSR count). The van der Waals surface area contributed by atoms with Gasteiger partial charge < -0.3 is 10.1 Å². The molecule has 1 atom stereocenters. The van der Waals surface area contributed by atoms with Crippen LogP contribution in [0.25, 0.3) is 0 Å². The Morgan fingerprint density at radius 2 is 2.00 bits per heavy atom. The van der Waals surface area contributed by atoms with Crippen LogP contribution in [0.1, 0.15) is 57.9 Å². The van der Waals surface area contributed by atoms with Crippen molar-refractivity contribution in [1.29, 1.82) is 0 Å². The summed E-state index contributed by atoms with van der Waals surface area (Å²) >= 11 is 0. The van der Waals surface area contributed by atoms with E-state index in [1.165, 1.54) is 37.7 Å². The van der Waals surface area contributed by atoms with E-state index < -0.39 is 0 Å². The van der Waals surface area contributed by atoms with Gasteiger partial charge in [0.1, 0.15) is 0 Å². The van der Waals surface area contributed by atoms with Gasteiger partial charge in [0.2, 0.25) is 0 Å². The normalized spacial score (nSPS) is 24.8. The number of benzene rings is 1. The molecule has 1 aromatic rings.